The fraction of sp³-hybridized carbons (Fsp3) is 0.277. The van der Waals surface area contributed by atoms with E-state index in [0.29, 0.717) is 0 Å². The molecule has 4 nitrogen and oxygen atoms in total. The van der Waals surface area contributed by atoms with Crippen molar-refractivity contribution in [3.63, 3.8) is 0 Å². The Labute approximate surface area is 526 Å². The highest BCUT2D eigenvalue weighted by atomic mass is 15.2. The molecular formula is C83H87BN4. The zero-order valence-corrected chi connectivity index (χ0v) is 55.0. The van der Waals surface area contributed by atoms with Crippen LogP contribution in [0.25, 0.3) is 11.1 Å². The predicted molar refractivity (Wildman–Crippen MR) is 381 cm³/mol. The number of nitrogens with zero attached hydrogens (tertiary/aromatic N) is 4. The molecule has 10 aromatic rings. The fourth-order valence-electron chi connectivity index (χ4n) is 14.0. The summed E-state index contributed by atoms with van der Waals surface area (Å²) in [5.41, 5.74) is 30.5. The molecule has 0 fully saturated rings. The van der Waals surface area contributed by atoms with Gasteiger partial charge in [0.05, 0.1) is 11.4 Å². The van der Waals surface area contributed by atoms with E-state index in [0.717, 1.165) is 58.3 Å². The van der Waals surface area contributed by atoms with Crippen LogP contribution in [0.2, 0.25) is 0 Å². The lowest BCUT2D eigenvalue weighted by Crippen LogP contribution is -2.61. The summed E-state index contributed by atoms with van der Waals surface area (Å²) in [5, 5.41) is 0. The lowest BCUT2D eigenvalue weighted by molar-refractivity contribution is 0.392. The Morgan fingerprint density at radius 2 is 0.795 bits per heavy atom. The molecule has 0 saturated heterocycles. The fourth-order valence-corrected chi connectivity index (χ4v) is 14.0. The van der Waals surface area contributed by atoms with Crippen molar-refractivity contribution in [2.75, 3.05) is 19.6 Å². The van der Waals surface area contributed by atoms with Crippen molar-refractivity contribution in [2.45, 2.75) is 145 Å². The van der Waals surface area contributed by atoms with Crippen LogP contribution in [0.15, 0.2) is 212 Å². The molecule has 0 unspecified atom stereocenters. The highest BCUT2D eigenvalue weighted by Gasteiger charge is 2.46. The SMILES string of the molecule is Cc1ccc(N(c2ccc(C)cc2)c2ccc3c(c2)B2c4cc5c(cc4N(c4ccc(C(C)(C)C)cc4-c4ccccc4)c4cc(N(c6ccc(C(C)(C)C)cc6)c6ccc(C(C)(C)C)cc6)cc(c42)N3c2cccc(C(C)(C)C)c2)CC(C)(C)C5)cc1. The topological polar surface area (TPSA) is 13.0 Å². The molecule has 0 radical (unpaired) electrons. The maximum Gasteiger partial charge on any atom is 0.252 e. The molecular weight excluding hydrogens is 1060 g/mol. The summed E-state index contributed by atoms with van der Waals surface area (Å²) < 4.78 is 0. The van der Waals surface area contributed by atoms with Crippen LogP contribution in [-0.4, -0.2) is 6.71 Å². The Morgan fingerprint density at radius 1 is 0.352 bits per heavy atom. The van der Waals surface area contributed by atoms with Gasteiger partial charge in [-0.15, -0.1) is 0 Å². The summed E-state index contributed by atoms with van der Waals surface area (Å²) in [6.07, 6.45) is 2.05. The van der Waals surface area contributed by atoms with Gasteiger partial charge < -0.3 is 19.6 Å². The molecule has 0 atom stereocenters. The van der Waals surface area contributed by atoms with Gasteiger partial charge >= 0.3 is 0 Å². The molecule has 10 aromatic carbocycles. The van der Waals surface area contributed by atoms with E-state index in [1.54, 1.807) is 0 Å². The second kappa shape index (κ2) is 21.4. The first kappa shape index (κ1) is 58.5. The molecule has 442 valence electrons. The summed E-state index contributed by atoms with van der Waals surface area (Å²) in [7, 11) is 0. The zero-order chi connectivity index (χ0) is 62.0. The monoisotopic (exact) mass is 1150 g/mol. The zero-order valence-electron chi connectivity index (χ0n) is 55.0. The van der Waals surface area contributed by atoms with Gasteiger partial charge in [0.25, 0.3) is 6.71 Å². The van der Waals surface area contributed by atoms with Gasteiger partial charge in [-0.25, -0.2) is 0 Å². The van der Waals surface area contributed by atoms with Crippen LogP contribution in [0.1, 0.15) is 141 Å². The molecule has 3 aliphatic rings. The van der Waals surface area contributed by atoms with Gasteiger partial charge in [-0.3, -0.25) is 0 Å². The summed E-state index contributed by atoms with van der Waals surface area (Å²) >= 11 is 0. The lowest BCUT2D eigenvalue weighted by Gasteiger charge is -2.46. The number of rotatable bonds is 9. The molecule has 0 N–H and O–H groups in total. The van der Waals surface area contributed by atoms with Crippen molar-refractivity contribution in [3.05, 3.63) is 257 Å². The molecule has 0 spiro atoms. The Bertz CT molecular complexity index is 4180. The van der Waals surface area contributed by atoms with Crippen LogP contribution >= 0.6 is 0 Å². The van der Waals surface area contributed by atoms with Gasteiger partial charge in [0, 0.05) is 62.4 Å². The molecule has 13 rings (SSSR count). The Balaban J connectivity index is 1.18. The van der Waals surface area contributed by atoms with Crippen LogP contribution in [0.4, 0.5) is 68.2 Å². The number of hydrogen-bond acceptors (Lipinski definition) is 4. The molecule has 2 aliphatic heterocycles. The van der Waals surface area contributed by atoms with Crippen LogP contribution in [0, 0.1) is 19.3 Å². The minimum atomic E-state index is -0.145. The van der Waals surface area contributed by atoms with Crippen LogP contribution in [0.3, 0.4) is 0 Å². The van der Waals surface area contributed by atoms with Gasteiger partial charge in [0.2, 0.25) is 0 Å². The Kier molecular flexibility index (Phi) is 14.2. The normalized spacial score (nSPS) is 14.3. The van der Waals surface area contributed by atoms with Crippen molar-refractivity contribution < 1.29 is 0 Å². The van der Waals surface area contributed by atoms with E-state index >= 15 is 0 Å². The first-order valence-electron chi connectivity index (χ1n) is 32.0. The van der Waals surface area contributed by atoms with E-state index < -0.39 is 0 Å². The first-order valence-corrected chi connectivity index (χ1v) is 32.0. The van der Waals surface area contributed by atoms with Crippen molar-refractivity contribution in [2.24, 2.45) is 5.41 Å². The summed E-state index contributed by atoms with van der Waals surface area (Å²) in [6.45, 7) is 37.0. The number of aryl methyl sites for hydroxylation is 2. The largest absolute Gasteiger partial charge is 0.311 e. The quantitative estimate of drug-likeness (QED) is 0.134. The average Bonchev–Trinajstić information content (AvgIpc) is 0.860. The second-order valence-electron chi connectivity index (χ2n) is 30.5. The lowest BCUT2D eigenvalue weighted by atomic mass is 9.33. The van der Waals surface area contributed by atoms with Gasteiger partial charge in [-0.2, -0.15) is 0 Å². The van der Waals surface area contributed by atoms with Gasteiger partial charge in [0.15, 0.2) is 0 Å². The van der Waals surface area contributed by atoms with E-state index in [1.807, 2.05) is 0 Å². The van der Waals surface area contributed by atoms with Crippen molar-refractivity contribution >= 4 is 91.3 Å². The second-order valence-corrected chi connectivity index (χ2v) is 30.5. The van der Waals surface area contributed by atoms with Crippen molar-refractivity contribution in [1.29, 1.82) is 0 Å². The molecule has 0 aromatic heterocycles. The van der Waals surface area contributed by atoms with E-state index in [9.17, 15) is 0 Å². The van der Waals surface area contributed by atoms with E-state index in [2.05, 4.69) is 343 Å². The third-order valence-corrected chi connectivity index (χ3v) is 18.9. The van der Waals surface area contributed by atoms with E-state index in [-0.39, 0.29) is 33.8 Å². The predicted octanol–water partition coefficient (Wildman–Crippen LogP) is 21.3. The highest BCUT2D eigenvalue weighted by molar-refractivity contribution is 7.00. The summed E-state index contributed by atoms with van der Waals surface area (Å²) in [6, 6.07) is 82.4. The first-order chi connectivity index (χ1) is 41.7. The molecule has 1 aliphatic carbocycles. The van der Waals surface area contributed by atoms with Crippen LogP contribution < -0.4 is 36.0 Å². The van der Waals surface area contributed by atoms with Crippen LogP contribution in [0.5, 0.6) is 0 Å². The molecule has 0 saturated carbocycles. The van der Waals surface area contributed by atoms with Gasteiger partial charge in [-0.1, -0.05) is 211 Å². The van der Waals surface area contributed by atoms with Crippen molar-refractivity contribution in [3.8, 4) is 11.1 Å². The third-order valence-electron chi connectivity index (χ3n) is 18.9. The van der Waals surface area contributed by atoms with Crippen LogP contribution in [-0.2, 0) is 34.5 Å². The minimum Gasteiger partial charge on any atom is -0.311 e. The van der Waals surface area contributed by atoms with E-state index in [4.69, 9.17) is 0 Å². The Hall–Kier alpha value is -8.54. The highest BCUT2D eigenvalue weighted by Crippen LogP contribution is 2.53. The molecule has 5 heteroatoms. The number of hydrogen-bond donors (Lipinski definition) is 0. The molecule has 0 amide bonds. The third kappa shape index (κ3) is 10.7. The van der Waals surface area contributed by atoms with Crippen molar-refractivity contribution in [1.82, 2.24) is 0 Å². The molecule has 0 bridgehead atoms. The van der Waals surface area contributed by atoms with Gasteiger partial charge in [0.1, 0.15) is 0 Å². The average molecular weight is 1150 g/mol. The van der Waals surface area contributed by atoms with Gasteiger partial charge in [-0.05, 0) is 218 Å². The molecule has 2 heterocycles. The summed E-state index contributed by atoms with van der Waals surface area (Å²) in [4.78, 5) is 10.3. The summed E-state index contributed by atoms with van der Waals surface area (Å²) in [5.74, 6) is 0. The number of fused-ring (bicyclic) bond motifs is 5. The number of benzene rings is 10. The number of anilines is 12. The maximum absolute atomic E-state index is 2.70. The Morgan fingerprint density at radius 3 is 1.33 bits per heavy atom. The minimum absolute atomic E-state index is 0.0162. The maximum atomic E-state index is 2.70. The standard InChI is InChI=1S/C83H87BN4/c1-54-25-34-63(35-26-54)85(64-36-27-55(2)28-37-64)68-42-44-74-72(49-68)84-71-45-57-52-83(15,16)53-58(57)46-75(71)88(73-43-33-62(82(12,13)14)48-70(73)56-21-18-17-19-22-56)77-51-69(50-76(78(77)84)87(74)67-24-20-23-61(47-67)81(9,10)11)86(65-38-29-59(30-39-65)79(3,4)5)66-40-31-60(32-41-66)80(6,7)8/h17-51H,52-53H2,1-16H3. The van der Waals surface area contributed by atoms with E-state index in [1.165, 1.54) is 94.8 Å². The molecule has 88 heavy (non-hydrogen) atoms. The smallest absolute Gasteiger partial charge is 0.252 e.